The van der Waals surface area contributed by atoms with E-state index >= 15 is 0 Å². The molecule has 0 aromatic carbocycles. The molecular formula is C18H32O3. The SMILES string of the molecule is CC#CCCCCC(OCC(C)CC)C(=O)OCCCC. The van der Waals surface area contributed by atoms with Gasteiger partial charge in [0.15, 0.2) is 6.10 Å². The third-order valence-corrected chi connectivity index (χ3v) is 3.48. The molecule has 0 aromatic rings. The number of rotatable bonds is 12. The van der Waals surface area contributed by atoms with Crippen LogP contribution in [0.25, 0.3) is 0 Å². The highest BCUT2D eigenvalue weighted by Gasteiger charge is 2.21. The van der Waals surface area contributed by atoms with Crippen LogP contribution in [-0.2, 0) is 14.3 Å². The molecule has 21 heavy (non-hydrogen) atoms. The Balaban J connectivity index is 4.17. The van der Waals surface area contributed by atoms with Crippen LogP contribution in [0.3, 0.4) is 0 Å². The number of esters is 1. The standard InChI is InChI=1S/C18H32O3/c1-5-8-10-11-12-13-17(21-15-16(4)7-3)18(19)20-14-9-6-2/h16-17H,6-7,9-15H2,1-4H3. The fourth-order valence-electron chi connectivity index (χ4n) is 1.75. The average molecular weight is 296 g/mol. The quantitative estimate of drug-likeness (QED) is 0.305. The molecule has 0 spiro atoms. The van der Waals surface area contributed by atoms with E-state index in [1.165, 1.54) is 0 Å². The lowest BCUT2D eigenvalue weighted by Gasteiger charge is -2.19. The van der Waals surface area contributed by atoms with Crippen molar-refractivity contribution in [2.75, 3.05) is 13.2 Å². The first-order valence-corrected chi connectivity index (χ1v) is 8.33. The van der Waals surface area contributed by atoms with Crippen LogP contribution >= 0.6 is 0 Å². The molecule has 3 nitrogen and oxygen atoms in total. The third-order valence-electron chi connectivity index (χ3n) is 3.48. The minimum Gasteiger partial charge on any atom is -0.464 e. The van der Waals surface area contributed by atoms with Crippen molar-refractivity contribution in [2.24, 2.45) is 5.92 Å². The van der Waals surface area contributed by atoms with Crippen LogP contribution in [0.1, 0.15) is 72.6 Å². The fraction of sp³-hybridized carbons (Fsp3) is 0.833. The van der Waals surface area contributed by atoms with Gasteiger partial charge in [0.25, 0.3) is 0 Å². The summed E-state index contributed by atoms with van der Waals surface area (Å²) in [5, 5.41) is 0. The molecule has 0 aliphatic rings. The van der Waals surface area contributed by atoms with E-state index in [-0.39, 0.29) is 5.97 Å². The van der Waals surface area contributed by atoms with Gasteiger partial charge in [-0.2, -0.15) is 0 Å². The van der Waals surface area contributed by atoms with Gasteiger partial charge in [0.2, 0.25) is 0 Å². The maximum atomic E-state index is 12.1. The van der Waals surface area contributed by atoms with Crippen molar-refractivity contribution in [1.82, 2.24) is 0 Å². The van der Waals surface area contributed by atoms with Crippen LogP contribution in [0.5, 0.6) is 0 Å². The highest BCUT2D eigenvalue weighted by Crippen LogP contribution is 2.12. The summed E-state index contributed by atoms with van der Waals surface area (Å²) in [5.41, 5.74) is 0. The van der Waals surface area contributed by atoms with Crippen LogP contribution in [-0.4, -0.2) is 25.3 Å². The van der Waals surface area contributed by atoms with Gasteiger partial charge in [-0.15, -0.1) is 11.8 Å². The van der Waals surface area contributed by atoms with Gasteiger partial charge in [0.1, 0.15) is 0 Å². The van der Waals surface area contributed by atoms with Crippen molar-refractivity contribution in [2.45, 2.75) is 78.7 Å². The van der Waals surface area contributed by atoms with Crippen molar-refractivity contribution in [3.63, 3.8) is 0 Å². The molecule has 122 valence electrons. The van der Waals surface area contributed by atoms with Gasteiger partial charge in [-0.3, -0.25) is 0 Å². The predicted molar refractivity (Wildman–Crippen MR) is 87.0 cm³/mol. The van der Waals surface area contributed by atoms with Crippen LogP contribution in [0.15, 0.2) is 0 Å². The van der Waals surface area contributed by atoms with Crippen molar-refractivity contribution >= 4 is 5.97 Å². The molecule has 0 radical (unpaired) electrons. The number of hydrogen-bond donors (Lipinski definition) is 0. The smallest absolute Gasteiger partial charge is 0.335 e. The van der Waals surface area contributed by atoms with E-state index in [2.05, 4.69) is 32.6 Å². The molecular weight excluding hydrogens is 264 g/mol. The zero-order valence-electron chi connectivity index (χ0n) is 14.2. The Morgan fingerprint density at radius 2 is 1.95 bits per heavy atom. The Hall–Kier alpha value is -1.01. The first-order valence-electron chi connectivity index (χ1n) is 8.33. The molecule has 2 atom stereocenters. The van der Waals surface area contributed by atoms with Crippen LogP contribution in [0, 0.1) is 17.8 Å². The molecule has 0 bridgehead atoms. The highest BCUT2D eigenvalue weighted by molar-refractivity contribution is 5.74. The second-order valence-electron chi connectivity index (χ2n) is 5.53. The van der Waals surface area contributed by atoms with Crippen LogP contribution < -0.4 is 0 Å². The monoisotopic (exact) mass is 296 g/mol. The van der Waals surface area contributed by atoms with Gasteiger partial charge in [0.05, 0.1) is 13.2 Å². The molecule has 0 fully saturated rings. The topological polar surface area (TPSA) is 35.5 Å². The van der Waals surface area contributed by atoms with Gasteiger partial charge < -0.3 is 9.47 Å². The largest absolute Gasteiger partial charge is 0.464 e. The van der Waals surface area contributed by atoms with Crippen molar-refractivity contribution in [3.05, 3.63) is 0 Å². The van der Waals surface area contributed by atoms with Crippen LogP contribution in [0.4, 0.5) is 0 Å². The van der Waals surface area contributed by atoms with Gasteiger partial charge in [-0.25, -0.2) is 4.79 Å². The van der Waals surface area contributed by atoms with E-state index in [1.54, 1.807) is 0 Å². The van der Waals surface area contributed by atoms with E-state index in [9.17, 15) is 4.79 Å². The summed E-state index contributed by atoms with van der Waals surface area (Å²) < 4.78 is 11.1. The van der Waals surface area contributed by atoms with E-state index < -0.39 is 6.10 Å². The summed E-state index contributed by atoms with van der Waals surface area (Å²) in [6.45, 7) is 9.32. The van der Waals surface area contributed by atoms with E-state index in [1.807, 2.05) is 6.92 Å². The van der Waals surface area contributed by atoms with Gasteiger partial charge in [0, 0.05) is 6.42 Å². The number of carbonyl (C=O) groups excluding carboxylic acids is 1. The minimum atomic E-state index is -0.412. The van der Waals surface area contributed by atoms with E-state index in [0.717, 1.165) is 44.9 Å². The Morgan fingerprint density at radius 3 is 2.57 bits per heavy atom. The van der Waals surface area contributed by atoms with Crippen LogP contribution in [0.2, 0.25) is 0 Å². The third kappa shape index (κ3) is 11.3. The maximum Gasteiger partial charge on any atom is 0.335 e. The fourth-order valence-corrected chi connectivity index (χ4v) is 1.75. The number of unbranched alkanes of at least 4 members (excludes halogenated alkanes) is 3. The molecule has 0 heterocycles. The Labute approximate surface area is 130 Å². The first kappa shape index (κ1) is 20.0. The summed E-state index contributed by atoms with van der Waals surface area (Å²) in [4.78, 5) is 12.1. The first-order chi connectivity index (χ1) is 10.2. The van der Waals surface area contributed by atoms with Crippen molar-refractivity contribution in [3.8, 4) is 11.8 Å². The molecule has 0 aliphatic carbocycles. The summed E-state index contributed by atoms with van der Waals surface area (Å²) >= 11 is 0. The minimum absolute atomic E-state index is 0.201. The number of ether oxygens (including phenoxy) is 2. The summed E-state index contributed by atoms with van der Waals surface area (Å²) in [5.74, 6) is 6.21. The molecule has 0 saturated heterocycles. The number of carbonyl (C=O) groups is 1. The number of hydrogen-bond acceptors (Lipinski definition) is 3. The Bertz CT molecular complexity index is 314. The maximum absolute atomic E-state index is 12.1. The van der Waals surface area contributed by atoms with Gasteiger partial charge in [-0.1, -0.05) is 33.6 Å². The van der Waals surface area contributed by atoms with Crippen molar-refractivity contribution < 1.29 is 14.3 Å². The molecule has 0 saturated carbocycles. The zero-order chi connectivity index (χ0) is 15.9. The summed E-state index contributed by atoms with van der Waals surface area (Å²) in [7, 11) is 0. The lowest BCUT2D eigenvalue weighted by Crippen LogP contribution is -2.28. The zero-order valence-corrected chi connectivity index (χ0v) is 14.2. The second kappa shape index (κ2) is 13.9. The normalized spacial score (nSPS) is 13.1. The Kier molecular flexibility index (Phi) is 13.3. The molecule has 0 aliphatic heterocycles. The molecule has 2 unspecified atom stereocenters. The molecule has 0 rings (SSSR count). The highest BCUT2D eigenvalue weighted by atomic mass is 16.6. The van der Waals surface area contributed by atoms with Gasteiger partial charge in [-0.05, 0) is 38.5 Å². The lowest BCUT2D eigenvalue weighted by molar-refractivity contribution is -0.158. The molecule has 3 heteroatoms. The van der Waals surface area contributed by atoms with Crippen molar-refractivity contribution in [1.29, 1.82) is 0 Å². The summed E-state index contributed by atoms with van der Waals surface area (Å²) in [6, 6.07) is 0. The van der Waals surface area contributed by atoms with E-state index in [4.69, 9.17) is 9.47 Å². The summed E-state index contributed by atoms with van der Waals surface area (Å²) in [6.07, 6.45) is 6.16. The van der Waals surface area contributed by atoms with Gasteiger partial charge >= 0.3 is 5.97 Å². The molecule has 0 amide bonds. The average Bonchev–Trinajstić information content (AvgIpc) is 2.49. The molecule has 0 N–H and O–H groups in total. The van der Waals surface area contributed by atoms with E-state index in [0.29, 0.717) is 19.1 Å². The Morgan fingerprint density at radius 1 is 1.19 bits per heavy atom. The predicted octanol–water partition coefficient (Wildman–Crippen LogP) is 4.34. The molecule has 0 aromatic heterocycles. The second-order valence-corrected chi connectivity index (χ2v) is 5.53. The lowest BCUT2D eigenvalue weighted by atomic mass is 10.1.